The van der Waals surface area contributed by atoms with Crippen molar-refractivity contribution in [2.45, 2.75) is 224 Å². The van der Waals surface area contributed by atoms with Crippen molar-refractivity contribution >= 4 is 11.9 Å². The highest BCUT2D eigenvalue weighted by Crippen LogP contribution is 2.23. The van der Waals surface area contributed by atoms with Gasteiger partial charge in [0.15, 0.2) is 12.4 Å². The molecule has 10 heteroatoms. The molecule has 1 rings (SSSR count). The van der Waals surface area contributed by atoms with Crippen LogP contribution in [0.2, 0.25) is 0 Å². The van der Waals surface area contributed by atoms with E-state index < -0.39 is 49.4 Å². The van der Waals surface area contributed by atoms with Crippen molar-refractivity contribution in [1.82, 2.24) is 0 Å². The maximum absolute atomic E-state index is 12.8. The molecule has 1 saturated heterocycles. The average molecular weight is 821 g/mol. The summed E-state index contributed by atoms with van der Waals surface area (Å²) >= 11 is 0. The van der Waals surface area contributed by atoms with Crippen LogP contribution in [-0.2, 0) is 28.5 Å². The van der Waals surface area contributed by atoms with Crippen molar-refractivity contribution in [2.24, 2.45) is 0 Å². The summed E-state index contributed by atoms with van der Waals surface area (Å²) < 4.78 is 22.2. The molecule has 0 aromatic carbocycles. The molecule has 0 bridgehead atoms. The predicted octanol–water partition coefficient (Wildman–Crippen LogP) is 10.1. The normalized spacial score (nSPS) is 20.6. The number of unbranched alkanes of at least 4 members (excludes halogenated alkanes) is 19. The number of hydrogen-bond donors (Lipinski definition) is 4. The first-order valence-corrected chi connectivity index (χ1v) is 23.2. The third-order valence-electron chi connectivity index (χ3n) is 10.5. The lowest BCUT2D eigenvalue weighted by Gasteiger charge is -2.39. The van der Waals surface area contributed by atoms with Crippen LogP contribution in [0, 0.1) is 0 Å². The van der Waals surface area contributed by atoms with Gasteiger partial charge in [0.2, 0.25) is 0 Å². The maximum atomic E-state index is 12.8. The smallest absolute Gasteiger partial charge is 0.306 e. The molecule has 0 spiro atoms. The summed E-state index contributed by atoms with van der Waals surface area (Å²) in [5, 5.41) is 40.1. The summed E-state index contributed by atoms with van der Waals surface area (Å²) in [7, 11) is 0. The van der Waals surface area contributed by atoms with Gasteiger partial charge in [-0.15, -0.1) is 0 Å². The summed E-state index contributed by atoms with van der Waals surface area (Å²) in [6.45, 7) is 3.30. The third kappa shape index (κ3) is 29.8. The SMILES string of the molecule is CC/C=C\C/C=C\C/C=C\C/C=C\CCCCCCCCC(=O)OC(COC(=O)CCCCCCCCCCCCCCCC)COC1OC(CO)C(O)C(O)C1O. The summed E-state index contributed by atoms with van der Waals surface area (Å²) in [4.78, 5) is 25.4. The zero-order chi connectivity index (χ0) is 42.3. The Kier molecular flexibility index (Phi) is 35.9. The molecule has 6 atom stereocenters. The molecule has 1 fully saturated rings. The van der Waals surface area contributed by atoms with Gasteiger partial charge in [-0.2, -0.15) is 0 Å². The van der Waals surface area contributed by atoms with E-state index in [0.29, 0.717) is 6.42 Å². The molecule has 1 aliphatic rings. The van der Waals surface area contributed by atoms with Crippen LogP contribution in [0.4, 0.5) is 0 Å². The van der Waals surface area contributed by atoms with Gasteiger partial charge < -0.3 is 39.4 Å². The van der Waals surface area contributed by atoms with Gasteiger partial charge in [-0.3, -0.25) is 9.59 Å². The zero-order valence-electron chi connectivity index (χ0n) is 36.5. The molecule has 1 aliphatic heterocycles. The van der Waals surface area contributed by atoms with Crippen molar-refractivity contribution in [1.29, 1.82) is 0 Å². The van der Waals surface area contributed by atoms with Gasteiger partial charge in [0.05, 0.1) is 13.2 Å². The van der Waals surface area contributed by atoms with E-state index in [2.05, 4.69) is 62.5 Å². The first-order valence-electron chi connectivity index (χ1n) is 23.2. The van der Waals surface area contributed by atoms with Gasteiger partial charge in [-0.25, -0.2) is 0 Å². The Labute approximate surface area is 352 Å². The van der Waals surface area contributed by atoms with Crippen LogP contribution >= 0.6 is 0 Å². The van der Waals surface area contributed by atoms with Crippen LogP contribution in [0.25, 0.3) is 0 Å². The van der Waals surface area contributed by atoms with E-state index in [0.717, 1.165) is 83.5 Å². The second kappa shape index (κ2) is 38.8. The number of aliphatic hydroxyl groups excluding tert-OH is 4. The summed E-state index contributed by atoms with van der Waals surface area (Å²) in [5.74, 6) is -0.820. The number of rotatable bonds is 38. The van der Waals surface area contributed by atoms with E-state index in [1.165, 1.54) is 70.6 Å². The van der Waals surface area contributed by atoms with E-state index in [1.807, 2.05) is 0 Å². The van der Waals surface area contributed by atoms with E-state index in [4.69, 9.17) is 18.9 Å². The van der Waals surface area contributed by atoms with Crippen molar-refractivity contribution < 1.29 is 49.0 Å². The Bertz CT molecular complexity index is 1090. The first kappa shape index (κ1) is 53.7. The molecule has 0 amide bonds. The zero-order valence-corrected chi connectivity index (χ0v) is 36.5. The second-order valence-corrected chi connectivity index (χ2v) is 15.8. The number of allylic oxidation sites excluding steroid dienone is 8. The molecule has 0 aliphatic carbocycles. The van der Waals surface area contributed by atoms with Crippen LogP contribution < -0.4 is 0 Å². The lowest BCUT2D eigenvalue weighted by atomic mass is 9.99. The molecule has 0 radical (unpaired) electrons. The van der Waals surface area contributed by atoms with E-state index in [9.17, 15) is 30.0 Å². The standard InChI is InChI=1S/C48H84O10/c1-3-5-7-9-11-13-15-17-19-20-21-22-23-25-27-29-31-33-35-37-44(51)57-41(40-56-48-47(54)46(53)45(52)42(38-49)58-48)39-55-43(50)36-34-32-30-28-26-24-18-16-14-12-10-8-6-4-2/h5,7,11,13,17,19,21-22,41-42,45-49,52-54H,3-4,6,8-10,12,14-16,18,20,23-40H2,1-2H3/b7-5-,13-11-,19-17-,22-21-. The summed E-state index contributed by atoms with van der Waals surface area (Å²) in [6, 6.07) is 0. The number of aliphatic hydroxyl groups is 4. The molecule has 0 saturated carbocycles. The van der Waals surface area contributed by atoms with Gasteiger partial charge in [0, 0.05) is 12.8 Å². The fourth-order valence-electron chi connectivity index (χ4n) is 6.83. The monoisotopic (exact) mass is 821 g/mol. The summed E-state index contributed by atoms with van der Waals surface area (Å²) in [6.07, 6.45) is 38.2. The van der Waals surface area contributed by atoms with Crippen molar-refractivity contribution in [2.75, 3.05) is 19.8 Å². The Balaban J connectivity index is 2.32. The van der Waals surface area contributed by atoms with Crippen LogP contribution in [-0.4, -0.2) is 89.0 Å². The van der Waals surface area contributed by atoms with Crippen molar-refractivity contribution in [3.05, 3.63) is 48.6 Å². The quantitative estimate of drug-likeness (QED) is 0.0269. The highest BCUT2D eigenvalue weighted by atomic mass is 16.7. The highest BCUT2D eigenvalue weighted by Gasteiger charge is 2.44. The lowest BCUT2D eigenvalue weighted by Crippen LogP contribution is -2.59. The Morgan fingerprint density at radius 2 is 1.02 bits per heavy atom. The molecule has 336 valence electrons. The number of esters is 2. The molecule has 10 nitrogen and oxygen atoms in total. The summed E-state index contributed by atoms with van der Waals surface area (Å²) in [5.41, 5.74) is 0. The molecule has 0 aromatic rings. The Morgan fingerprint density at radius 1 is 0.552 bits per heavy atom. The highest BCUT2D eigenvalue weighted by molar-refractivity contribution is 5.70. The average Bonchev–Trinajstić information content (AvgIpc) is 3.22. The van der Waals surface area contributed by atoms with Gasteiger partial charge >= 0.3 is 11.9 Å². The molecule has 4 N–H and O–H groups in total. The van der Waals surface area contributed by atoms with E-state index in [-0.39, 0.29) is 32.0 Å². The molecule has 0 aromatic heterocycles. The van der Waals surface area contributed by atoms with Gasteiger partial charge in [-0.05, 0) is 51.4 Å². The molecular weight excluding hydrogens is 737 g/mol. The number of hydrogen-bond acceptors (Lipinski definition) is 10. The fourth-order valence-corrected chi connectivity index (χ4v) is 6.83. The van der Waals surface area contributed by atoms with Gasteiger partial charge in [-0.1, -0.05) is 172 Å². The van der Waals surface area contributed by atoms with Gasteiger partial charge in [0.25, 0.3) is 0 Å². The fraction of sp³-hybridized carbons (Fsp3) is 0.792. The minimum Gasteiger partial charge on any atom is -0.462 e. The number of carbonyl (C=O) groups is 2. The third-order valence-corrected chi connectivity index (χ3v) is 10.5. The van der Waals surface area contributed by atoms with Crippen LogP contribution in [0.15, 0.2) is 48.6 Å². The van der Waals surface area contributed by atoms with Crippen molar-refractivity contribution in [3.63, 3.8) is 0 Å². The molecular formula is C48H84O10. The second-order valence-electron chi connectivity index (χ2n) is 15.8. The molecule has 6 unspecified atom stereocenters. The predicted molar refractivity (Wildman–Crippen MR) is 233 cm³/mol. The minimum atomic E-state index is -1.60. The topological polar surface area (TPSA) is 152 Å². The Hall–Kier alpha value is -2.34. The van der Waals surface area contributed by atoms with Crippen LogP contribution in [0.1, 0.15) is 187 Å². The van der Waals surface area contributed by atoms with Gasteiger partial charge in [0.1, 0.15) is 31.0 Å². The lowest BCUT2D eigenvalue weighted by molar-refractivity contribution is -0.305. The first-order chi connectivity index (χ1) is 28.3. The number of carbonyl (C=O) groups excluding carboxylic acids is 2. The van der Waals surface area contributed by atoms with Crippen molar-refractivity contribution in [3.8, 4) is 0 Å². The largest absolute Gasteiger partial charge is 0.462 e. The van der Waals surface area contributed by atoms with E-state index >= 15 is 0 Å². The van der Waals surface area contributed by atoms with Crippen LogP contribution in [0.3, 0.4) is 0 Å². The minimum absolute atomic E-state index is 0.214. The maximum Gasteiger partial charge on any atom is 0.306 e. The van der Waals surface area contributed by atoms with Crippen LogP contribution in [0.5, 0.6) is 0 Å². The van der Waals surface area contributed by atoms with E-state index in [1.54, 1.807) is 0 Å². The Morgan fingerprint density at radius 3 is 1.53 bits per heavy atom. The molecule has 1 heterocycles. The number of ether oxygens (including phenoxy) is 4. The molecule has 58 heavy (non-hydrogen) atoms.